The monoisotopic (exact) mass is 504 g/mol. The maximum absolute atomic E-state index is 12.7. The largest absolute Gasteiger partial charge is 0.497 e. The van der Waals surface area contributed by atoms with Gasteiger partial charge in [0.05, 0.1) is 19.2 Å². The van der Waals surface area contributed by atoms with Crippen LogP contribution in [-0.4, -0.2) is 43.3 Å². The number of methoxy groups -OCH3 is 1. The van der Waals surface area contributed by atoms with Gasteiger partial charge in [-0.05, 0) is 61.6 Å². The SMILES string of the molecule is C=C/C=C(NCCCCCN1CC(=O)c2ccccc2C1=O)\C(C(=C)c1cccc(OC)c1)=C(/C)Cl. The summed E-state index contributed by atoms with van der Waals surface area (Å²) in [7, 11) is 1.63. The van der Waals surface area contributed by atoms with Crippen molar-refractivity contribution in [3.8, 4) is 5.75 Å². The summed E-state index contributed by atoms with van der Waals surface area (Å²) in [6, 6.07) is 14.7. The third-order valence-corrected chi connectivity index (χ3v) is 6.31. The van der Waals surface area contributed by atoms with Crippen LogP contribution in [0.2, 0.25) is 0 Å². The number of fused-ring (bicyclic) bond motifs is 1. The Bertz CT molecular complexity index is 1210. The van der Waals surface area contributed by atoms with E-state index < -0.39 is 0 Å². The highest BCUT2D eigenvalue weighted by molar-refractivity contribution is 6.31. The molecule has 5 nitrogen and oxygen atoms in total. The maximum Gasteiger partial charge on any atom is 0.255 e. The highest BCUT2D eigenvalue weighted by Gasteiger charge is 2.28. The number of carbonyl (C=O) groups excluding carboxylic acids is 2. The lowest BCUT2D eigenvalue weighted by molar-refractivity contribution is 0.0678. The molecule has 0 saturated heterocycles. The molecule has 1 amide bonds. The van der Waals surface area contributed by atoms with Gasteiger partial charge in [-0.1, -0.05) is 61.2 Å². The number of nitrogens with zero attached hydrogens (tertiary/aromatic N) is 1. The van der Waals surface area contributed by atoms with Gasteiger partial charge in [-0.3, -0.25) is 9.59 Å². The quantitative estimate of drug-likeness (QED) is 0.269. The number of halogens is 1. The molecule has 1 aliphatic heterocycles. The van der Waals surface area contributed by atoms with Crippen molar-refractivity contribution in [1.29, 1.82) is 0 Å². The molecule has 188 valence electrons. The lowest BCUT2D eigenvalue weighted by Crippen LogP contribution is -2.41. The van der Waals surface area contributed by atoms with Crippen molar-refractivity contribution in [2.45, 2.75) is 26.2 Å². The van der Waals surface area contributed by atoms with Crippen LogP contribution in [0.1, 0.15) is 52.5 Å². The van der Waals surface area contributed by atoms with E-state index in [0.29, 0.717) is 29.2 Å². The molecule has 0 fully saturated rings. The topological polar surface area (TPSA) is 58.6 Å². The van der Waals surface area contributed by atoms with Gasteiger partial charge in [0.25, 0.3) is 5.91 Å². The molecule has 0 aromatic heterocycles. The zero-order chi connectivity index (χ0) is 26.1. The summed E-state index contributed by atoms with van der Waals surface area (Å²) in [5.41, 5.74) is 4.40. The highest BCUT2D eigenvalue weighted by Crippen LogP contribution is 2.32. The number of ketones is 1. The van der Waals surface area contributed by atoms with Gasteiger partial charge in [-0.25, -0.2) is 0 Å². The third-order valence-electron chi connectivity index (χ3n) is 6.12. The summed E-state index contributed by atoms with van der Waals surface area (Å²) in [6.45, 7) is 11.4. The van der Waals surface area contributed by atoms with Gasteiger partial charge in [-0.2, -0.15) is 0 Å². The van der Waals surface area contributed by atoms with Crippen LogP contribution in [-0.2, 0) is 0 Å². The highest BCUT2D eigenvalue weighted by atomic mass is 35.5. The second-order valence-electron chi connectivity index (χ2n) is 8.62. The number of allylic oxidation sites excluding steroid dienone is 4. The fraction of sp³-hybridized carbons (Fsp3) is 0.267. The fourth-order valence-electron chi connectivity index (χ4n) is 4.28. The van der Waals surface area contributed by atoms with Gasteiger partial charge < -0.3 is 15.0 Å². The molecule has 2 aromatic rings. The average molecular weight is 505 g/mol. The molecule has 1 N–H and O–H groups in total. The number of unbranched alkanes of at least 4 members (excludes halogenated alkanes) is 2. The minimum absolute atomic E-state index is 0.00176. The molecule has 6 heteroatoms. The molecule has 36 heavy (non-hydrogen) atoms. The van der Waals surface area contributed by atoms with Gasteiger partial charge in [0.2, 0.25) is 0 Å². The Labute approximate surface area is 218 Å². The number of hydrogen-bond acceptors (Lipinski definition) is 4. The van der Waals surface area contributed by atoms with E-state index in [1.54, 1.807) is 42.4 Å². The molecule has 0 bridgehead atoms. The predicted molar refractivity (Wildman–Crippen MR) is 147 cm³/mol. The number of rotatable bonds is 12. The van der Waals surface area contributed by atoms with Crippen molar-refractivity contribution in [2.75, 3.05) is 26.7 Å². The normalized spacial score (nSPS) is 14.2. The number of Topliss-reactive ketones (excluding diaryl/α,β-unsaturated/α-hetero) is 1. The summed E-state index contributed by atoms with van der Waals surface area (Å²) in [4.78, 5) is 26.7. The molecular formula is C30H33ClN2O3. The minimum atomic E-state index is -0.0667. The standard InChI is InChI=1S/C30H33ClN2O3/c1-5-12-27(29(22(3)31)21(2)23-13-11-14-24(19-23)36-4)32-17-9-6-10-18-33-20-28(34)25-15-7-8-16-26(25)30(33)35/h5,7-8,11-16,19,32H,1-2,6,9-10,17-18,20H2,3-4H3/b27-12+,29-22+. The predicted octanol–water partition coefficient (Wildman–Crippen LogP) is 6.39. The molecule has 3 rings (SSSR count). The van der Waals surface area contributed by atoms with E-state index >= 15 is 0 Å². The van der Waals surface area contributed by atoms with Crippen LogP contribution in [0, 0.1) is 0 Å². The second-order valence-corrected chi connectivity index (χ2v) is 9.18. The van der Waals surface area contributed by atoms with E-state index in [2.05, 4.69) is 18.5 Å². The Morgan fingerprint density at radius 3 is 2.56 bits per heavy atom. The van der Waals surface area contributed by atoms with E-state index in [1.165, 1.54) is 0 Å². The lowest BCUT2D eigenvalue weighted by atomic mass is 9.96. The number of hydrogen-bond donors (Lipinski definition) is 1. The first-order valence-corrected chi connectivity index (χ1v) is 12.4. The first-order valence-electron chi connectivity index (χ1n) is 12.1. The van der Waals surface area contributed by atoms with E-state index in [4.69, 9.17) is 16.3 Å². The first kappa shape index (κ1) is 27.0. The molecule has 1 heterocycles. The Morgan fingerprint density at radius 2 is 1.86 bits per heavy atom. The Hall–Kier alpha value is -3.57. The smallest absolute Gasteiger partial charge is 0.255 e. The lowest BCUT2D eigenvalue weighted by Gasteiger charge is -2.27. The third kappa shape index (κ3) is 6.55. The van der Waals surface area contributed by atoms with E-state index in [1.807, 2.05) is 37.3 Å². The number of nitrogens with one attached hydrogen (secondary N) is 1. The molecule has 0 atom stereocenters. The Morgan fingerprint density at radius 1 is 1.11 bits per heavy atom. The number of ether oxygens (including phenoxy) is 1. The second kappa shape index (κ2) is 12.9. The Balaban J connectivity index is 1.54. The van der Waals surface area contributed by atoms with Crippen LogP contribution in [0.3, 0.4) is 0 Å². The molecule has 0 radical (unpaired) electrons. The summed E-state index contributed by atoms with van der Waals surface area (Å²) < 4.78 is 5.35. The van der Waals surface area contributed by atoms with Crippen molar-refractivity contribution in [3.05, 3.63) is 107 Å². The van der Waals surface area contributed by atoms with Crippen molar-refractivity contribution >= 4 is 28.9 Å². The molecule has 0 aliphatic carbocycles. The minimum Gasteiger partial charge on any atom is -0.497 e. The molecule has 1 aliphatic rings. The summed E-state index contributed by atoms with van der Waals surface area (Å²) in [5, 5.41) is 4.09. The number of benzene rings is 2. The van der Waals surface area contributed by atoms with Crippen molar-refractivity contribution in [2.24, 2.45) is 0 Å². The molecular weight excluding hydrogens is 472 g/mol. The van der Waals surface area contributed by atoms with Crippen LogP contribution in [0.25, 0.3) is 5.57 Å². The van der Waals surface area contributed by atoms with Gasteiger partial charge >= 0.3 is 0 Å². The van der Waals surface area contributed by atoms with Crippen molar-refractivity contribution in [3.63, 3.8) is 0 Å². The van der Waals surface area contributed by atoms with E-state index in [0.717, 1.165) is 47.4 Å². The van der Waals surface area contributed by atoms with Gasteiger partial charge in [-0.15, -0.1) is 0 Å². The summed E-state index contributed by atoms with van der Waals surface area (Å²) in [5.74, 6) is 0.681. The zero-order valence-corrected chi connectivity index (χ0v) is 21.7. The zero-order valence-electron chi connectivity index (χ0n) is 21.0. The van der Waals surface area contributed by atoms with Gasteiger partial charge in [0.15, 0.2) is 5.78 Å². The van der Waals surface area contributed by atoms with Gasteiger partial charge in [0.1, 0.15) is 5.75 Å². The Kier molecular flexibility index (Phi) is 9.71. The van der Waals surface area contributed by atoms with E-state index in [-0.39, 0.29) is 18.2 Å². The summed E-state index contributed by atoms with van der Waals surface area (Å²) >= 11 is 6.51. The van der Waals surface area contributed by atoms with Crippen LogP contribution < -0.4 is 10.1 Å². The first-order chi connectivity index (χ1) is 17.4. The van der Waals surface area contributed by atoms with Crippen LogP contribution in [0.15, 0.2) is 90.1 Å². The number of carbonyl (C=O) groups is 2. The molecule has 2 aromatic carbocycles. The van der Waals surface area contributed by atoms with Crippen molar-refractivity contribution < 1.29 is 14.3 Å². The van der Waals surface area contributed by atoms with E-state index in [9.17, 15) is 9.59 Å². The van der Waals surface area contributed by atoms with Crippen LogP contribution >= 0.6 is 11.6 Å². The molecule has 0 saturated carbocycles. The van der Waals surface area contributed by atoms with Crippen molar-refractivity contribution in [1.82, 2.24) is 10.2 Å². The fourth-order valence-corrected chi connectivity index (χ4v) is 4.50. The number of amides is 1. The van der Waals surface area contributed by atoms with Gasteiger partial charge in [0, 0.05) is 35.0 Å². The molecule has 0 spiro atoms. The summed E-state index contributed by atoms with van der Waals surface area (Å²) in [6.07, 6.45) is 6.22. The van der Waals surface area contributed by atoms with Crippen LogP contribution in [0.4, 0.5) is 0 Å². The van der Waals surface area contributed by atoms with Crippen LogP contribution in [0.5, 0.6) is 5.75 Å². The maximum atomic E-state index is 12.7. The molecule has 0 unspecified atom stereocenters. The average Bonchev–Trinajstić information content (AvgIpc) is 2.88.